The van der Waals surface area contributed by atoms with Crippen molar-refractivity contribution in [2.24, 2.45) is 5.84 Å². The standard InChI is InChI=1S/C11H18N4O2/c1-8(4-6-17-2)14-11(16)9-3-5-13-10(7-9)15-12/h3,5,7-8H,4,6,12H2,1-2H3,(H,13,15)(H,14,16). The molecule has 1 atom stereocenters. The number of anilines is 1. The van der Waals surface area contributed by atoms with Gasteiger partial charge in [0.05, 0.1) is 0 Å². The molecule has 0 aromatic carbocycles. The Kier molecular flexibility index (Phi) is 5.38. The Morgan fingerprint density at radius 1 is 1.65 bits per heavy atom. The van der Waals surface area contributed by atoms with Crippen molar-refractivity contribution < 1.29 is 9.53 Å². The molecule has 0 saturated heterocycles. The van der Waals surface area contributed by atoms with Gasteiger partial charge in [-0.2, -0.15) is 0 Å². The Hall–Kier alpha value is -1.66. The summed E-state index contributed by atoms with van der Waals surface area (Å²) in [5, 5.41) is 2.87. The highest BCUT2D eigenvalue weighted by molar-refractivity contribution is 5.94. The zero-order valence-corrected chi connectivity index (χ0v) is 10.1. The van der Waals surface area contributed by atoms with Crippen LogP contribution in [-0.2, 0) is 4.74 Å². The van der Waals surface area contributed by atoms with Crippen molar-refractivity contribution in [3.05, 3.63) is 23.9 Å². The molecule has 0 spiro atoms. The van der Waals surface area contributed by atoms with Gasteiger partial charge in [-0.25, -0.2) is 10.8 Å². The van der Waals surface area contributed by atoms with Crippen LogP contribution in [0.4, 0.5) is 5.82 Å². The first-order chi connectivity index (χ1) is 8.17. The molecule has 0 fully saturated rings. The fourth-order valence-corrected chi connectivity index (χ4v) is 1.32. The van der Waals surface area contributed by atoms with E-state index in [0.717, 1.165) is 6.42 Å². The Morgan fingerprint density at radius 3 is 3.06 bits per heavy atom. The van der Waals surface area contributed by atoms with Crippen LogP contribution >= 0.6 is 0 Å². The molecule has 17 heavy (non-hydrogen) atoms. The largest absolute Gasteiger partial charge is 0.385 e. The summed E-state index contributed by atoms with van der Waals surface area (Å²) in [7, 11) is 1.64. The van der Waals surface area contributed by atoms with Crippen molar-refractivity contribution in [1.82, 2.24) is 10.3 Å². The van der Waals surface area contributed by atoms with Gasteiger partial charge in [0.1, 0.15) is 5.82 Å². The molecule has 0 aliphatic carbocycles. The van der Waals surface area contributed by atoms with Crippen LogP contribution in [0.5, 0.6) is 0 Å². The number of hydrazine groups is 1. The average Bonchev–Trinajstić information content (AvgIpc) is 2.36. The van der Waals surface area contributed by atoms with Gasteiger partial charge in [-0.1, -0.05) is 0 Å². The van der Waals surface area contributed by atoms with Crippen molar-refractivity contribution in [2.45, 2.75) is 19.4 Å². The van der Waals surface area contributed by atoms with Gasteiger partial charge in [0.25, 0.3) is 5.91 Å². The summed E-state index contributed by atoms with van der Waals surface area (Å²) in [5.74, 6) is 5.54. The SMILES string of the molecule is COCCC(C)NC(=O)c1ccnc(NN)c1. The van der Waals surface area contributed by atoms with Crippen molar-refractivity contribution >= 4 is 11.7 Å². The number of amides is 1. The number of carbonyl (C=O) groups is 1. The van der Waals surface area contributed by atoms with Crippen LogP contribution in [0, 0.1) is 0 Å². The van der Waals surface area contributed by atoms with Crippen LogP contribution in [-0.4, -0.2) is 30.6 Å². The normalized spacial score (nSPS) is 11.9. The molecule has 0 aliphatic rings. The highest BCUT2D eigenvalue weighted by Gasteiger charge is 2.10. The summed E-state index contributed by atoms with van der Waals surface area (Å²) < 4.78 is 4.95. The molecule has 1 amide bonds. The summed E-state index contributed by atoms with van der Waals surface area (Å²) in [5.41, 5.74) is 2.92. The average molecular weight is 238 g/mol. The minimum absolute atomic E-state index is 0.0601. The Labute approximate surface area is 101 Å². The summed E-state index contributed by atoms with van der Waals surface area (Å²) in [4.78, 5) is 15.8. The fourth-order valence-electron chi connectivity index (χ4n) is 1.32. The summed E-state index contributed by atoms with van der Waals surface area (Å²) in [6.07, 6.45) is 2.30. The second-order valence-corrected chi connectivity index (χ2v) is 3.73. The lowest BCUT2D eigenvalue weighted by atomic mass is 10.2. The molecule has 1 aromatic heterocycles. The van der Waals surface area contributed by atoms with E-state index in [1.54, 1.807) is 19.2 Å². The molecule has 6 heteroatoms. The molecule has 0 aliphatic heterocycles. The first-order valence-electron chi connectivity index (χ1n) is 5.40. The number of nitrogen functional groups attached to an aromatic ring is 1. The minimum atomic E-state index is -0.146. The van der Waals surface area contributed by atoms with E-state index in [2.05, 4.69) is 15.7 Å². The number of hydrogen-bond donors (Lipinski definition) is 3. The number of methoxy groups -OCH3 is 1. The third-order valence-electron chi connectivity index (χ3n) is 2.30. The van der Waals surface area contributed by atoms with Crippen LogP contribution in [0.1, 0.15) is 23.7 Å². The number of rotatable bonds is 6. The second kappa shape index (κ2) is 6.82. The number of nitrogens with one attached hydrogen (secondary N) is 2. The molecule has 94 valence electrons. The maximum Gasteiger partial charge on any atom is 0.251 e. The number of aromatic nitrogens is 1. The maximum atomic E-state index is 11.8. The Bertz CT molecular complexity index is 370. The van der Waals surface area contributed by atoms with Gasteiger partial charge in [-0.15, -0.1) is 0 Å². The highest BCUT2D eigenvalue weighted by atomic mass is 16.5. The van der Waals surface area contributed by atoms with Crippen molar-refractivity contribution in [3.8, 4) is 0 Å². The third kappa shape index (κ3) is 4.38. The molecule has 1 heterocycles. The van der Waals surface area contributed by atoms with E-state index in [9.17, 15) is 4.79 Å². The Balaban J connectivity index is 2.56. The first-order valence-corrected chi connectivity index (χ1v) is 5.40. The number of nitrogens with zero attached hydrogens (tertiary/aromatic N) is 1. The van der Waals surface area contributed by atoms with E-state index in [4.69, 9.17) is 10.6 Å². The van der Waals surface area contributed by atoms with E-state index >= 15 is 0 Å². The van der Waals surface area contributed by atoms with Crippen molar-refractivity contribution in [3.63, 3.8) is 0 Å². The molecule has 0 saturated carbocycles. The summed E-state index contributed by atoms with van der Waals surface area (Å²) >= 11 is 0. The quantitative estimate of drug-likeness (QED) is 0.496. The molecule has 6 nitrogen and oxygen atoms in total. The lowest BCUT2D eigenvalue weighted by Gasteiger charge is -2.13. The van der Waals surface area contributed by atoms with E-state index < -0.39 is 0 Å². The minimum Gasteiger partial charge on any atom is -0.385 e. The van der Waals surface area contributed by atoms with Crippen molar-refractivity contribution in [2.75, 3.05) is 19.1 Å². The predicted molar refractivity (Wildman–Crippen MR) is 65.5 cm³/mol. The zero-order chi connectivity index (χ0) is 12.7. The third-order valence-corrected chi connectivity index (χ3v) is 2.30. The lowest BCUT2D eigenvalue weighted by Crippen LogP contribution is -2.33. The highest BCUT2D eigenvalue weighted by Crippen LogP contribution is 2.05. The topological polar surface area (TPSA) is 89.3 Å². The number of pyridine rings is 1. The Morgan fingerprint density at radius 2 is 2.41 bits per heavy atom. The van der Waals surface area contributed by atoms with Gasteiger partial charge in [-0.3, -0.25) is 4.79 Å². The van der Waals surface area contributed by atoms with Crippen LogP contribution in [0.25, 0.3) is 0 Å². The smallest absolute Gasteiger partial charge is 0.251 e. The van der Waals surface area contributed by atoms with Crippen molar-refractivity contribution in [1.29, 1.82) is 0 Å². The van der Waals surface area contributed by atoms with Gasteiger partial charge in [0.15, 0.2) is 0 Å². The van der Waals surface area contributed by atoms with E-state index in [1.165, 1.54) is 6.20 Å². The molecule has 0 bridgehead atoms. The van der Waals surface area contributed by atoms with Crippen LogP contribution < -0.4 is 16.6 Å². The number of hydrogen-bond acceptors (Lipinski definition) is 5. The van der Waals surface area contributed by atoms with Crippen LogP contribution in [0.15, 0.2) is 18.3 Å². The van der Waals surface area contributed by atoms with Gasteiger partial charge in [-0.05, 0) is 25.5 Å². The van der Waals surface area contributed by atoms with E-state index in [1.807, 2.05) is 6.92 Å². The molecule has 0 radical (unpaired) electrons. The van der Waals surface area contributed by atoms with Crippen LogP contribution in [0.2, 0.25) is 0 Å². The molecule has 1 aromatic rings. The lowest BCUT2D eigenvalue weighted by molar-refractivity contribution is 0.0929. The summed E-state index contributed by atoms with van der Waals surface area (Å²) in [6, 6.07) is 3.29. The molecule has 1 rings (SSSR count). The van der Waals surface area contributed by atoms with Crippen LogP contribution in [0.3, 0.4) is 0 Å². The van der Waals surface area contributed by atoms with E-state index in [0.29, 0.717) is 18.0 Å². The maximum absolute atomic E-state index is 11.8. The number of carbonyl (C=O) groups excluding carboxylic acids is 1. The summed E-state index contributed by atoms with van der Waals surface area (Å²) in [6.45, 7) is 2.55. The zero-order valence-electron chi connectivity index (χ0n) is 10.1. The number of ether oxygens (including phenoxy) is 1. The van der Waals surface area contributed by atoms with Gasteiger partial charge >= 0.3 is 0 Å². The number of nitrogens with two attached hydrogens (primary N) is 1. The molecule has 1 unspecified atom stereocenters. The van der Waals surface area contributed by atoms with E-state index in [-0.39, 0.29) is 11.9 Å². The molecular weight excluding hydrogens is 220 g/mol. The predicted octanol–water partition coefficient (Wildman–Crippen LogP) is 0.522. The first kappa shape index (κ1) is 13.4. The second-order valence-electron chi connectivity index (χ2n) is 3.73. The van der Waals surface area contributed by atoms with Gasteiger partial charge < -0.3 is 15.5 Å². The fraction of sp³-hybridized carbons (Fsp3) is 0.455. The van der Waals surface area contributed by atoms with Gasteiger partial charge in [0, 0.05) is 31.5 Å². The molecular formula is C11H18N4O2. The monoisotopic (exact) mass is 238 g/mol. The molecule has 4 N–H and O–H groups in total. The van der Waals surface area contributed by atoms with Gasteiger partial charge in [0.2, 0.25) is 0 Å².